The number of nitrogens with zero attached hydrogens (tertiary/aromatic N) is 2. The fourth-order valence-corrected chi connectivity index (χ4v) is 1.27. The molecule has 0 unspecified atom stereocenters. The van der Waals surface area contributed by atoms with Crippen molar-refractivity contribution in [3.05, 3.63) is 43.0 Å². The molecule has 0 bridgehead atoms. The van der Waals surface area contributed by atoms with Crippen molar-refractivity contribution in [2.24, 2.45) is 0 Å². The second-order valence-corrected chi connectivity index (χ2v) is 3.00. The molecule has 0 aliphatic rings. The standard InChI is InChI=1S/C10H9BN2/c11-10-3-1-2-8(4-10)9-5-12-7-13-6-9/h1-7H,11H2. The first-order chi connectivity index (χ1) is 6.36. The van der Waals surface area contributed by atoms with Gasteiger partial charge in [0.2, 0.25) is 0 Å². The normalized spacial score (nSPS) is 9.85. The van der Waals surface area contributed by atoms with Crippen LogP contribution in [0.1, 0.15) is 0 Å². The molecule has 1 heterocycles. The second-order valence-electron chi connectivity index (χ2n) is 3.00. The van der Waals surface area contributed by atoms with Crippen LogP contribution >= 0.6 is 0 Å². The van der Waals surface area contributed by atoms with E-state index in [0.29, 0.717) is 0 Å². The van der Waals surface area contributed by atoms with Gasteiger partial charge in [0, 0.05) is 18.0 Å². The van der Waals surface area contributed by atoms with Crippen LogP contribution in [-0.4, -0.2) is 17.8 Å². The van der Waals surface area contributed by atoms with Gasteiger partial charge in [-0.2, -0.15) is 0 Å². The van der Waals surface area contributed by atoms with Gasteiger partial charge < -0.3 is 0 Å². The maximum absolute atomic E-state index is 3.98. The Morgan fingerprint density at radius 3 is 2.46 bits per heavy atom. The molecule has 1 aromatic heterocycles. The lowest BCUT2D eigenvalue weighted by Gasteiger charge is -2.00. The van der Waals surface area contributed by atoms with Crippen LogP contribution in [0, 0.1) is 0 Å². The van der Waals surface area contributed by atoms with Crippen LogP contribution in [0.25, 0.3) is 11.1 Å². The average molecular weight is 168 g/mol. The van der Waals surface area contributed by atoms with E-state index in [-0.39, 0.29) is 0 Å². The number of hydrogen-bond acceptors (Lipinski definition) is 2. The van der Waals surface area contributed by atoms with E-state index in [1.54, 1.807) is 6.33 Å². The molecule has 0 atom stereocenters. The molecule has 0 saturated heterocycles. The van der Waals surface area contributed by atoms with E-state index in [1.165, 1.54) is 11.0 Å². The monoisotopic (exact) mass is 168 g/mol. The third-order valence-corrected chi connectivity index (χ3v) is 1.91. The average Bonchev–Trinajstić information content (AvgIpc) is 2.19. The third-order valence-electron chi connectivity index (χ3n) is 1.91. The lowest BCUT2D eigenvalue weighted by Crippen LogP contribution is -2.00. The van der Waals surface area contributed by atoms with Crippen molar-refractivity contribution < 1.29 is 0 Å². The molecule has 62 valence electrons. The minimum absolute atomic E-state index is 1.06. The second kappa shape index (κ2) is 3.39. The number of hydrogen-bond donors (Lipinski definition) is 0. The van der Waals surface area contributed by atoms with Crippen LogP contribution in [0.15, 0.2) is 43.0 Å². The first kappa shape index (κ1) is 7.99. The van der Waals surface area contributed by atoms with E-state index >= 15 is 0 Å². The molecule has 2 nitrogen and oxygen atoms in total. The highest BCUT2D eigenvalue weighted by molar-refractivity contribution is 6.32. The summed E-state index contributed by atoms with van der Waals surface area (Å²) in [5.41, 5.74) is 3.48. The van der Waals surface area contributed by atoms with Crippen LogP contribution in [0.4, 0.5) is 0 Å². The minimum Gasteiger partial charge on any atom is -0.244 e. The third kappa shape index (κ3) is 1.75. The van der Waals surface area contributed by atoms with E-state index in [9.17, 15) is 0 Å². The van der Waals surface area contributed by atoms with Gasteiger partial charge >= 0.3 is 0 Å². The Morgan fingerprint density at radius 2 is 1.77 bits per heavy atom. The zero-order valence-electron chi connectivity index (χ0n) is 7.44. The van der Waals surface area contributed by atoms with E-state index in [1.807, 2.05) is 18.5 Å². The molecule has 0 N–H and O–H groups in total. The van der Waals surface area contributed by atoms with Crippen LogP contribution < -0.4 is 5.46 Å². The quantitative estimate of drug-likeness (QED) is 0.576. The minimum atomic E-state index is 1.06. The number of benzene rings is 1. The molecule has 0 fully saturated rings. The van der Waals surface area contributed by atoms with Gasteiger partial charge in [-0.3, -0.25) is 0 Å². The van der Waals surface area contributed by atoms with Crippen LogP contribution in [0.2, 0.25) is 0 Å². The molecule has 0 aliphatic carbocycles. The van der Waals surface area contributed by atoms with Gasteiger partial charge in [-0.25, -0.2) is 9.97 Å². The van der Waals surface area contributed by atoms with E-state index in [0.717, 1.165) is 5.56 Å². The fourth-order valence-electron chi connectivity index (χ4n) is 1.27. The van der Waals surface area contributed by atoms with Gasteiger partial charge in [-0.05, 0) is 5.56 Å². The zero-order chi connectivity index (χ0) is 9.10. The highest BCUT2D eigenvalue weighted by atomic mass is 14.8. The Morgan fingerprint density at radius 1 is 1.00 bits per heavy atom. The van der Waals surface area contributed by atoms with Crippen molar-refractivity contribution in [2.45, 2.75) is 0 Å². The molecule has 1 aromatic carbocycles. The van der Waals surface area contributed by atoms with Gasteiger partial charge in [0.05, 0.1) is 0 Å². The molecular formula is C10H9BN2. The van der Waals surface area contributed by atoms with Gasteiger partial charge in [0.1, 0.15) is 14.2 Å². The molecule has 0 amide bonds. The molecule has 13 heavy (non-hydrogen) atoms. The maximum Gasteiger partial charge on any atom is 0.139 e. The summed E-state index contributed by atoms with van der Waals surface area (Å²) in [6.07, 6.45) is 5.18. The van der Waals surface area contributed by atoms with Crippen molar-refractivity contribution in [3.63, 3.8) is 0 Å². The predicted molar refractivity (Wildman–Crippen MR) is 55.6 cm³/mol. The summed E-state index contributed by atoms with van der Waals surface area (Å²) >= 11 is 0. The van der Waals surface area contributed by atoms with E-state index in [2.05, 4.69) is 36.0 Å². The Balaban J connectivity index is 2.48. The van der Waals surface area contributed by atoms with Gasteiger partial charge in [-0.1, -0.05) is 29.7 Å². The number of aromatic nitrogens is 2. The summed E-state index contributed by atoms with van der Waals surface area (Å²) in [6, 6.07) is 8.30. The SMILES string of the molecule is Bc1cccc(-c2cncnc2)c1. The Kier molecular flexibility index (Phi) is 2.09. The first-order valence-electron chi connectivity index (χ1n) is 4.18. The van der Waals surface area contributed by atoms with Crippen LogP contribution in [-0.2, 0) is 0 Å². The Bertz CT molecular complexity index is 401. The highest BCUT2D eigenvalue weighted by Crippen LogP contribution is 2.14. The lowest BCUT2D eigenvalue weighted by atomic mass is 9.93. The molecule has 2 aromatic rings. The zero-order valence-corrected chi connectivity index (χ0v) is 7.44. The summed E-state index contributed by atoms with van der Waals surface area (Å²) in [6.45, 7) is 0. The van der Waals surface area contributed by atoms with Crippen molar-refractivity contribution >= 4 is 13.3 Å². The molecule has 0 spiro atoms. The topological polar surface area (TPSA) is 25.8 Å². The van der Waals surface area contributed by atoms with Crippen molar-refractivity contribution in [2.75, 3.05) is 0 Å². The maximum atomic E-state index is 3.98. The lowest BCUT2D eigenvalue weighted by molar-refractivity contribution is 1.17. The van der Waals surface area contributed by atoms with Crippen molar-refractivity contribution in [3.8, 4) is 11.1 Å². The summed E-state index contributed by atoms with van der Waals surface area (Å²) in [7, 11) is 2.08. The van der Waals surface area contributed by atoms with Gasteiger partial charge in [0.15, 0.2) is 0 Å². The predicted octanol–water partition coefficient (Wildman–Crippen LogP) is 0.402. The summed E-state index contributed by atoms with van der Waals surface area (Å²) in [5, 5.41) is 0. The summed E-state index contributed by atoms with van der Waals surface area (Å²) in [4.78, 5) is 7.96. The molecule has 0 saturated carbocycles. The largest absolute Gasteiger partial charge is 0.244 e. The summed E-state index contributed by atoms with van der Waals surface area (Å²) < 4.78 is 0. The molecule has 3 heteroatoms. The highest BCUT2D eigenvalue weighted by Gasteiger charge is 1.96. The van der Waals surface area contributed by atoms with Crippen molar-refractivity contribution in [1.29, 1.82) is 0 Å². The van der Waals surface area contributed by atoms with Crippen LogP contribution in [0.5, 0.6) is 0 Å². The molecule has 0 aliphatic heterocycles. The smallest absolute Gasteiger partial charge is 0.139 e. The molecule has 2 rings (SSSR count). The van der Waals surface area contributed by atoms with Crippen LogP contribution in [0.3, 0.4) is 0 Å². The fraction of sp³-hybridized carbons (Fsp3) is 0. The Labute approximate surface area is 78.1 Å². The van der Waals surface area contributed by atoms with Crippen molar-refractivity contribution in [1.82, 2.24) is 9.97 Å². The summed E-state index contributed by atoms with van der Waals surface area (Å²) in [5.74, 6) is 0. The first-order valence-corrected chi connectivity index (χ1v) is 4.18. The molecule has 0 radical (unpaired) electrons. The Hall–Kier alpha value is -1.64. The van der Waals surface area contributed by atoms with Gasteiger partial charge in [-0.15, -0.1) is 0 Å². The number of rotatable bonds is 1. The van der Waals surface area contributed by atoms with E-state index in [4.69, 9.17) is 0 Å². The van der Waals surface area contributed by atoms with Gasteiger partial charge in [0.25, 0.3) is 0 Å². The van der Waals surface area contributed by atoms with E-state index < -0.39 is 0 Å². The molecular weight excluding hydrogens is 159 g/mol.